The summed E-state index contributed by atoms with van der Waals surface area (Å²) in [7, 11) is -1.01. The van der Waals surface area contributed by atoms with Crippen molar-refractivity contribution in [1.29, 1.82) is 0 Å². The molecule has 0 aromatic heterocycles. The topological polar surface area (TPSA) is 37.3 Å². The van der Waals surface area contributed by atoms with Crippen LogP contribution in [0.1, 0.15) is 32.8 Å². The van der Waals surface area contributed by atoms with Gasteiger partial charge in [-0.3, -0.25) is 4.21 Å². The van der Waals surface area contributed by atoms with E-state index in [1.807, 2.05) is 52.0 Å². The fraction of sp³-hybridized carbons (Fsp3) is 0.571. The van der Waals surface area contributed by atoms with Gasteiger partial charge in [-0.25, -0.2) is 0 Å². The zero-order valence-corrected chi connectivity index (χ0v) is 11.9. The van der Waals surface area contributed by atoms with E-state index in [0.717, 1.165) is 4.90 Å². The molecule has 1 aromatic rings. The molecule has 96 valence electrons. The second-order valence-corrected chi connectivity index (χ2v) is 6.70. The Kier molecular flexibility index (Phi) is 4.90. The van der Waals surface area contributed by atoms with Gasteiger partial charge < -0.3 is 5.11 Å². The maximum atomic E-state index is 12.0. The highest BCUT2D eigenvalue weighted by Crippen LogP contribution is 2.21. The van der Waals surface area contributed by atoms with E-state index in [1.54, 1.807) is 0 Å². The molecule has 2 nitrogen and oxygen atoms in total. The van der Waals surface area contributed by atoms with Crippen LogP contribution in [0.2, 0.25) is 0 Å². The second-order valence-electron chi connectivity index (χ2n) is 5.12. The van der Waals surface area contributed by atoms with Gasteiger partial charge in [0.05, 0.1) is 16.4 Å². The summed E-state index contributed by atoms with van der Waals surface area (Å²) in [5.41, 5.74) is 0.431. The molecule has 2 unspecified atom stereocenters. The van der Waals surface area contributed by atoms with Crippen molar-refractivity contribution in [2.75, 3.05) is 5.75 Å². The van der Waals surface area contributed by atoms with Gasteiger partial charge in [-0.2, -0.15) is 0 Å². The van der Waals surface area contributed by atoms with Crippen molar-refractivity contribution in [3.05, 3.63) is 29.8 Å². The Bertz CT molecular complexity index is 380. The van der Waals surface area contributed by atoms with E-state index in [9.17, 15) is 9.32 Å². The van der Waals surface area contributed by atoms with Crippen LogP contribution in [0.3, 0.4) is 0 Å². The van der Waals surface area contributed by atoms with E-state index in [1.165, 1.54) is 5.56 Å². The minimum absolute atomic E-state index is 0.178. The summed E-state index contributed by atoms with van der Waals surface area (Å²) < 4.78 is 12.0. The Morgan fingerprint density at radius 3 is 2.29 bits per heavy atom. The number of benzene rings is 1. The summed E-state index contributed by atoms with van der Waals surface area (Å²) in [5, 5.41) is 10.1. The number of aryl methyl sites for hydroxylation is 1. The molecule has 0 saturated carbocycles. The highest BCUT2D eigenvalue weighted by atomic mass is 32.2. The van der Waals surface area contributed by atoms with Crippen LogP contribution in [0.25, 0.3) is 0 Å². The highest BCUT2D eigenvalue weighted by molar-refractivity contribution is 7.85. The highest BCUT2D eigenvalue weighted by Gasteiger charge is 2.25. The summed E-state index contributed by atoms with van der Waals surface area (Å²) >= 11 is 0. The Balaban J connectivity index is 2.59. The van der Waals surface area contributed by atoms with Crippen molar-refractivity contribution in [2.45, 2.75) is 44.6 Å². The van der Waals surface area contributed by atoms with Crippen LogP contribution in [-0.2, 0) is 10.8 Å². The zero-order valence-electron chi connectivity index (χ0n) is 11.1. The van der Waals surface area contributed by atoms with Gasteiger partial charge in [-0.1, -0.05) is 31.5 Å². The summed E-state index contributed by atoms with van der Waals surface area (Å²) in [6.45, 7) is 7.78. The molecule has 0 aliphatic heterocycles. The maximum Gasteiger partial charge on any atom is 0.0651 e. The van der Waals surface area contributed by atoms with Gasteiger partial charge in [-0.15, -0.1) is 0 Å². The van der Waals surface area contributed by atoms with Gasteiger partial charge >= 0.3 is 0 Å². The van der Waals surface area contributed by atoms with Crippen molar-refractivity contribution in [3.63, 3.8) is 0 Å². The lowest BCUT2D eigenvalue weighted by Gasteiger charge is -2.27. The molecule has 1 rings (SSSR count). The molecule has 0 radical (unpaired) electrons. The van der Waals surface area contributed by atoms with E-state index in [-0.39, 0.29) is 5.92 Å². The standard InChI is InChI=1S/C14H22O2S/c1-11(2)14(4,15)9-10-17(16)13-7-5-12(3)6-8-13/h5-8,11,15H,9-10H2,1-4H3. The number of rotatable bonds is 5. The van der Waals surface area contributed by atoms with E-state index < -0.39 is 16.4 Å². The third-order valence-corrected chi connectivity index (χ3v) is 4.69. The third kappa shape index (κ3) is 4.25. The van der Waals surface area contributed by atoms with Gasteiger partial charge in [-0.05, 0) is 38.3 Å². The molecule has 0 aliphatic carbocycles. The Hall–Kier alpha value is -0.670. The number of hydrogen-bond acceptors (Lipinski definition) is 2. The van der Waals surface area contributed by atoms with Crippen molar-refractivity contribution in [1.82, 2.24) is 0 Å². The Labute approximate surface area is 107 Å². The molecule has 0 fully saturated rings. The lowest BCUT2D eigenvalue weighted by molar-refractivity contribution is 0.0109. The zero-order chi connectivity index (χ0) is 13.1. The van der Waals surface area contributed by atoms with E-state index >= 15 is 0 Å². The van der Waals surface area contributed by atoms with Crippen LogP contribution >= 0.6 is 0 Å². The van der Waals surface area contributed by atoms with Crippen LogP contribution in [0.15, 0.2) is 29.2 Å². The molecule has 17 heavy (non-hydrogen) atoms. The first kappa shape index (κ1) is 14.4. The first-order chi connectivity index (χ1) is 7.83. The Morgan fingerprint density at radius 1 is 1.29 bits per heavy atom. The fourth-order valence-corrected chi connectivity index (χ4v) is 2.67. The number of hydrogen-bond donors (Lipinski definition) is 1. The second kappa shape index (κ2) is 5.78. The largest absolute Gasteiger partial charge is 0.390 e. The Morgan fingerprint density at radius 2 is 1.82 bits per heavy atom. The van der Waals surface area contributed by atoms with Crippen molar-refractivity contribution in [2.24, 2.45) is 5.92 Å². The van der Waals surface area contributed by atoms with Gasteiger partial charge in [0, 0.05) is 10.6 Å². The maximum absolute atomic E-state index is 12.0. The van der Waals surface area contributed by atoms with Gasteiger partial charge in [0.2, 0.25) is 0 Å². The lowest BCUT2D eigenvalue weighted by atomic mass is 9.90. The monoisotopic (exact) mass is 254 g/mol. The molecule has 0 bridgehead atoms. The number of aliphatic hydroxyl groups is 1. The van der Waals surface area contributed by atoms with E-state index in [4.69, 9.17) is 0 Å². The smallest absolute Gasteiger partial charge is 0.0651 e. The minimum Gasteiger partial charge on any atom is -0.390 e. The van der Waals surface area contributed by atoms with Gasteiger partial charge in [0.15, 0.2) is 0 Å². The fourth-order valence-electron chi connectivity index (χ4n) is 1.40. The molecule has 0 aliphatic rings. The van der Waals surface area contributed by atoms with E-state index in [2.05, 4.69) is 0 Å². The summed E-state index contributed by atoms with van der Waals surface area (Å²) in [6.07, 6.45) is 0.561. The minimum atomic E-state index is -1.01. The molecule has 1 aromatic carbocycles. The average Bonchev–Trinajstić information content (AvgIpc) is 2.27. The van der Waals surface area contributed by atoms with Crippen molar-refractivity contribution < 1.29 is 9.32 Å². The van der Waals surface area contributed by atoms with Crippen LogP contribution < -0.4 is 0 Å². The molecule has 0 spiro atoms. The molecule has 0 heterocycles. The quantitative estimate of drug-likeness (QED) is 0.877. The third-order valence-electron chi connectivity index (χ3n) is 3.32. The molecule has 2 atom stereocenters. The van der Waals surface area contributed by atoms with E-state index in [0.29, 0.717) is 12.2 Å². The van der Waals surface area contributed by atoms with Crippen molar-refractivity contribution >= 4 is 10.8 Å². The first-order valence-corrected chi connectivity index (χ1v) is 7.32. The SMILES string of the molecule is Cc1ccc(S(=O)CCC(C)(O)C(C)C)cc1. The molecular formula is C14H22O2S. The molecule has 1 N–H and O–H groups in total. The van der Waals surface area contributed by atoms with Gasteiger partial charge in [0.25, 0.3) is 0 Å². The van der Waals surface area contributed by atoms with Gasteiger partial charge in [0.1, 0.15) is 0 Å². The van der Waals surface area contributed by atoms with Crippen LogP contribution in [-0.4, -0.2) is 20.7 Å². The lowest BCUT2D eigenvalue weighted by Crippen LogP contribution is -2.32. The predicted molar refractivity (Wildman–Crippen MR) is 72.5 cm³/mol. The molecule has 0 amide bonds. The molecule has 0 saturated heterocycles. The summed E-state index contributed by atoms with van der Waals surface area (Å²) in [4.78, 5) is 0.843. The summed E-state index contributed by atoms with van der Waals surface area (Å²) in [6, 6.07) is 7.73. The van der Waals surface area contributed by atoms with Crippen LogP contribution in [0.4, 0.5) is 0 Å². The van der Waals surface area contributed by atoms with Crippen molar-refractivity contribution in [3.8, 4) is 0 Å². The predicted octanol–water partition coefficient (Wildman–Crippen LogP) is 2.90. The average molecular weight is 254 g/mol. The first-order valence-electron chi connectivity index (χ1n) is 6.00. The summed E-state index contributed by atoms with van der Waals surface area (Å²) in [5.74, 6) is 0.686. The molecular weight excluding hydrogens is 232 g/mol. The van der Waals surface area contributed by atoms with Crippen LogP contribution in [0.5, 0.6) is 0 Å². The van der Waals surface area contributed by atoms with Crippen LogP contribution in [0, 0.1) is 12.8 Å². The normalized spacial score (nSPS) is 16.8. The molecule has 3 heteroatoms.